The summed E-state index contributed by atoms with van der Waals surface area (Å²) >= 11 is 0. The van der Waals surface area contributed by atoms with Crippen molar-refractivity contribution < 1.29 is 14.3 Å². The summed E-state index contributed by atoms with van der Waals surface area (Å²) in [4.78, 5) is 16.7. The summed E-state index contributed by atoms with van der Waals surface area (Å²) in [5.41, 5.74) is 4.28. The third-order valence-corrected chi connectivity index (χ3v) is 4.49. The van der Waals surface area contributed by atoms with Gasteiger partial charge in [-0.15, -0.1) is 0 Å². The third-order valence-electron chi connectivity index (χ3n) is 4.49. The number of nitrogens with one attached hydrogen (secondary N) is 2. The monoisotopic (exact) mass is 391 g/mol. The number of carbonyl (C=O) groups is 1. The fraction of sp³-hybridized carbons (Fsp3) is 0.217. The fourth-order valence-corrected chi connectivity index (χ4v) is 2.92. The molecule has 2 N–H and O–H groups in total. The first-order valence-corrected chi connectivity index (χ1v) is 9.37. The van der Waals surface area contributed by atoms with E-state index >= 15 is 0 Å². The van der Waals surface area contributed by atoms with Crippen LogP contribution in [0.1, 0.15) is 21.5 Å². The van der Waals surface area contributed by atoms with Gasteiger partial charge in [0.1, 0.15) is 11.5 Å². The number of anilines is 2. The minimum Gasteiger partial charge on any atom is -0.497 e. The predicted octanol–water partition coefficient (Wildman–Crippen LogP) is 4.12. The standard InChI is InChI=1S/C23H25N3O3/c1-16-4-9-22(29-3)21(12-16)26-19-13-18(14-24-15-19)23(27)25-11-10-17-5-7-20(28-2)8-6-17/h4-9,12-15,26H,10-11H2,1-3H3,(H,25,27). The van der Waals surface area contributed by atoms with E-state index in [0.29, 0.717) is 12.1 Å². The van der Waals surface area contributed by atoms with Crippen LogP contribution in [0.4, 0.5) is 11.4 Å². The molecule has 2 aromatic carbocycles. The number of hydrogen-bond donors (Lipinski definition) is 2. The molecule has 6 heteroatoms. The molecule has 0 aliphatic carbocycles. The van der Waals surface area contributed by atoms with Crippen LogP contribution in [0.2, 0.25) is 0 Å². The average Bonchev–Trinajstić information content (AvgIpc) is 2.74. The molecule has 0 bridgehead atoms. The van der Waals surface area contributed by atoms with Crippen molar-refractivity contribution in [3.8, 4) is 11.5 Å². The van der Waals surface area contributed by atoms with Crippen LogP contribution >= 0.6 is 0 Å². The Hall–Kier alpha value is -3.54. The lowest BCUT2D eigenvalue weighted by Gasteiger charge is -2.12. The van der Waals surface area contributed by atoms with Crippen molar-refractivity contribution in [2.75, 3.05) is 26.1 Å². The van der Waals surface area contributed by atoms with Gasteiger partial charge in [0.2, 0.25) is 0 Å². The molecule has 6 nitrogen and oxygen atoms in total. The highest BCUT2D eigenvalue weighted by Crippen LogP contribution is 2.28. The maximum atomic E-state index is 12.5. The van der Waals surface area contributed by atoms with Gasteiger partial charge in [-0.25, -0.2) is 0 Å². The molecule has 0 aliphatic rings. The zero-order chi connectivity index (χ0) is 20.6. The SMILES string of the molecule is COc1ccc(CCNC(=O)c2cncc(Nc3cc(C)ccc3OC)c2)cc1. The zero-order valence-electron chi connectivity index (χ0n) is 16.9. The number of amides is 1. The van der Waals surface area contributed by atoms with Crippen molar-refractivity contribution in [1.29, 1.82) is 0 Å². The Morgan fingerprint density at radius 2 is 1.79 bits per heavy atom. The normalized spacial score (nSPS) is 10.3. The molecule has 0 radical (unpaired) electrons. The molecule has 0 spiro atoms. The lowest BCUT2D eigenvalue weighted by Crippen LogP contribution is -2.25. The number of nitrogens with zero attached hydrogens (tertiary/aromatic N) is 1. The zero-order valence-corrected chi connectivity index (χ0v) is 16.9. The van der Waals surface area contributed by atoms with Gasteiger partial charge < -0.3 is 20.1 Å². The summed E-state index contributed by atoms with van der Waals surface area (Å²) in [6, 6.07) is 15.5. The largest absolute Gasteiger partial charge is 0.497 e. The number of carbonyl (C=O) groups excluding carboxylic acids is 1. The number of rotatable bonds is 8. The Kier molecular flexibility index (Phi) is 6.68. The van der Waals surface area contributed by atoms with Crippen LogP contribution in [0.3, 0.4) is 0 Å². The summed E-state index contributed by atoms with van der Waals surface area (Å²) in [7, 11) is 3.27. The van der Waals surface area contributed by atoms with E-state index in [4.69, 9.17) is 9.47 Å². The quantitative estimate of drug-likeness (QED) is 0.604. The molecule has 150 valence electrons. The molecule has 3 rings (SSSR count). The topological polar surface area (TPSA) is 72.5 Å². The van der Waals surface area contributed by atoms with E-state index in [2.05, 4.69) is 15.6 Å². The summed E-state index contributed by atoms with van der Waals surface area (Å²) in [5.74, 6) is 1.38. The van der Waals surface area contributed by atoms with E-state index in [9.17, 15) is 4.79 Å². The Labute approximate surface area is 170 Å². The number of aryl methyl sites for hydroxylation is 1. The summed E-state index contributed by atoms with van der Waals surface area (Å²) in [6.45, 7) is 2.55. The van der Waals surface area contributed by atoms with Crippen molar-refractivity contribution in [2.45, 2.75) is 13.3 Å². The van der Waals surface area contributed by atoms with Crippen molar-refractivity contribution in [2.24, 2.45) is 0 Å². The number of pyridine rings is 1. The second-order valence-electron chi connectivity index (χ2n) is 6.65. The van der Waals surface area contributed by atoms with Gasteiger partial charge in [0.05, 0.1) is 37.4 Å². The third kappa shape index (κ3) is 5.48. The molecular weight excluding hydrogens is 366 g/mol. The molecule has 1 aromatic heterocycles. The van der Waals surface area contributed by atoms with Crippen LogP contribution in [-0.2, 0) is 6.42 Å². The van der Waals surface area contributed by atoms with Gasteiger partial charge in [-0.3, -0.25) is 9.78 Å². The molecule has 1 heterocycles. The van der Waals surface area contributed by atoms with Crippen molar-refractivity contribution in [1.82, 2.24) is 10.3 Å². The molecule has 0 unspecified atom stereocenters. The van der Waals surface area contributed by atoms with E-state index < -0.39 is 0 Å². The molecule has 0 saturated carbocycles. The number of aromatic nitrogens is 1. The molecule has 3 aromatic rings. The van der Waals surface area contributed by atoms with Crippen LogP contribution in [0.15, 0.2) is 60.9 Å². The van der Waals surface area contributed by atoms with Crippen LogP contribution in [0.25, 0.3) is 0 Å². The van der Waals surface area contributed by atoms with Gasteiger partial charge in [-0.2, -0.15) is 0 Å². The molecule has 0 atom stereocenters. The van der Waals surface area contributed by atoms with Crippen molar-refractivity contribution >= 4 is 17.3 Å². The second kappa shape index (κ2) is 9.59. The maximum Gasteiger partial charge on any atom is 0.252 e. The van der Waals surface area contributed by atoms with E-state index in [1.807, 2.05) is 49.4 Å². The summed E-state index contributed by atoms with van der Waals surface area (Å²) in [5, 5.41) is 6.21. The van der Waals surface area contributed by atoms with Crippen LogP contribution < -0.4 is 20.1 Å². The van der Waals surface area contributed by atoms with Gasteiger partial charge in [-0.1, -0.05) is 18.2 Å². The Bertz CT molecular complexity index is 971. The highest BCUT2D eigenvalue weighted by Gasteiger charge is 2.09. The van der Waals surface area contributed by atoms with Crippen molar-refractivity contribution in [3.05, 3.63) is 77.6 Å². The highest BCUT2D eigenvalue weighted by atomic mass is 16.5. The van der Waals surface area contributed by atoms with E-state index in [1.165, 1.54) is 0 Å². The summed E-state index contributed by atoms with van der Waals surface area (Å²) < 4.78 is 10.5. The highest BCUT2D eigenvalue weighted by molar-refractivity contribution is 5.94. The minimum absolute atomic E-state index is 0.161. The molecule has 0 aliphatic heterocycles. The average molecular weight is 391 g/mol. The molecule has 29 heavy (non-hydrogen) atoms. The Morgan fingerprint density at radius 3 is 2.52 bits per heavy atom. The lowest BCUT2D eigenvalue weighted by molar-refractivity contribution is 0.0954. The van der Waals surface area contributed by atoms with Gasteiger partial charge in [-0.05, 0) is 54.8 Å². The van der Waals surface area contributed by atoms with Gasteiger partial charge in [0.25, 0.3) is 5.91 Å². The van der Waals surface area contributed by atoms with E-state index in [-0.39, 0.29) is 5.91 Å². The first-order chi connectivity index (χ1) is 14.1. The van der Waals surface area contributed by atoms with Crippen molar-refractivity contribution in [3.63, 3.8) is 0 Å². The maximum absolute atomic E-state index is 12.5. The van der Waals surface area contributed by atoms with Crippen LogP contribution in [-0.4, -0.2) is 31.7 Å². The molecule has 0 saturated heterocycles. The first kappa shape index (κ1) is 20.2. The van der Waals surface area contributed by atoms with Gasteiger partial charge in [0, 0.05) is 12.7 Å². The van der Waals surface area contributed by atoms with Crippen LogP contribution in [0, 0.1) is 6.92 Å². The number of hydrogen-bond acceptors (Lipinski definition) is 5. The molecular formula is C23H25N3O3. The van der Waals surface area contributed by atoms with Gasteiger partial charge in [0.15, 0.2) is 0 Å². The minimum atomic E-state index is -0.161. The van der Waals surface area contributed by atoms with Crippen LogP contribution in [0.5, 0.6) is 11.5 Å². The second-order valence-corrected chi connectivity index (χ2v) is 6.65. The lowest BCUT2D eigenvalue weighted by atomic mass is 10.1. The number of methoxy groups -OCH3 is 2. The predicted molar refractivity (Wildman–Crippen MR) is 114 cm³/mol. The first-order valence-electron chi connectivity index (χ1n) is 9.37. The van der Waals surface area contributed by atoms with E-state index in [1.54, 1.807) is 32.7 Å². The molecule has 1 amide bonds. The number of benzene rings is 2. The summed E-state index contributed by atoms with van der Waals surface area (Å²) in [6.07, 6.45) is 3.97. The smallest absolute Gasteiger partial charge is 0.252 e. The Balaban J connectivity index is 1.61. The fourth-order valence-electron chi connectivity index (χ4n) is 2.92. The molecule has 0 fully saturated rings. The Morgan fingerprint density at radius 1 is 1.00 bits per heavy atom. The number of ether oxygens (including phenoxy) is 2. The van der Waals surface area contributed by atoms with Gasteiger partial charge >= 0.3 is 0 Å². The van der Waals surface area contributed by atoms with E-state index in [0.717, 1.165) is 40.4 Å².